The van der Waals surface area contributed by atoms with Crippen molar-refractivity contribution >= 4 is 5.57 Å². The molecule has 0 saturated heterocycles. The fourth-order valence-electron chi connectivity index (χ4n) is 0.701. The van der Waals surface area contributed by atoms with Crippen molar-refractivity contribution in [2.24, 2.45) is 0 Å². The van der Waals surface area contributed by atoms with Gasteiger partial charge in [-0.15, -0.1) is 0 Å². The first-order chi connectivity index (χ1) is 5.93. The lowest BCUT2D eigenvalue weighted by Gasteiger charge is -2.07. The highest BCUT2D eigenvalue weighted by Crippen LogP contribution is 2.29. The Kier molecular flexibility index (Phi) is 2.22. The number of aromatic nitrogens is 2. The molecule has 0 bridgehead atoms. The molecule has 0 aliphatic heterocycles. The number of halogens is 3. The number of alkyl halides is 3. The Bertz CT molecular complexity index is 380. The van der Waals surface area contributed by atoms with E-state index in [9.17, 15) is 18.0 Å². The van der Waals surface area contributed by atoms with Gasteiger partial charge in [-0.3, -0.25) is 4.79 Å². The molecule has 1 aromatic rings. The van der Waals surface area contributed by atoms with Gasteiger partial charge in [0, 0.05) is 12.4 Å². The molecule has 0 fully saturated rings. The Morgan fingerprint density at radius 2 is 2.15 bits per heavy atom. The summed E-state index contributed by atoms with van der Waals surface area (Å²) in [7, 11) is 0. The number of hydrogen-bond donors (Lipinski definition) is 1. The standard InChI is InChI=1S/C7H5F3N2O/c1-4(7(8,9)10)5-6(13)12-3-2-11-5/h2-3H,1H2,(H,12,13). The van der Waals surface area contributed by atoms with Gasteiger partial charge in [-0.05, 0) is 0 Å². The predicted molar refractivity (Wildman–Crippen MR) is 39.9 cm³/mol. The van der Waals surface area contributed by atoms with Crippen molar-refractivity contribution < 1.29 is 13.2 Å². The Morgan fingerprint density at radius 3 is 2.62 bits per heavy atom. The van der Waals surface area contributed by atoms with Gasteiger partial charge in [0.15, 0.2) is 0 Å². The number of nitrogens with one attached hydrogen (secondary N) is 1. The van der Waals surface area contributed by atoms with Gasteiger partial charge < -0.3 is 4.98 Å². The van der Waals surface area contributed by atoms with E-state index in [1.54, 1.807) is 0 Å². The number of aromatic amines is 1. The van der Waals surface area contributed by atoms with Crippen LogP contribution in [-0.2, 0) is 0 Å². The molecule has 0 aliphatic carbocycles. The maximum Gasteiger partial charge on any atom is 0.418 e. The van der Waals surface area contributed by atoms with Gasteiger partial charge in [-0.1, -0.05) is 6.58 Å². The van der Waals surface area contributed by atoms with Crippen LogP contribution in [0.4, 0.5) is 13.2 Å². The molecule has 70 valence electrons. The molecule has 0 unspecified atom stereocenters. The van der Waals surface area contributed by atoms with Gasteiger partial charge in [0.1, 0.15) is 5.69 Å². The summed E-state index contributed by atoms with van der Waals surface area (Å²) >= 11 is 0. The molecular weight excluding hydrogens is 185 g/mol. The molecule has 1 rings (SSSR count). The van der Waals surface area contributed by atoms with Crippen LogP contribution in [0.2, 0.25) is 0 Å². The number of allylic oxidation sites excluding steroid dienone is 1. The third-order valence-corrected chi connectivity index (χ3v) is 1.34. The van der Waals surface area contributed by atoms with E-state index in [1.807, 2.05) is 0 Å². The molecule has 0 aliphatic rings. The van der Waals surface area contributed by atoms with Crippen LogP contribution >= 0.6 is 0 Å². The largest absolute Gasteiger partial charge is 0.418 e. The van der Waals surface area contributed by atoms with E-state index in [1.165, 1.54) is 0 Å². The zero-order chi connectivity index (χ0) is 10.1. The molecule has 0 aromatic carbocycles. The van der Waals surface area contributed by atoms with E-state index < -0.39 is 23.0 Å². The average Bonchev–Trinajstić information content (AvgIpc) is 2.02. The zero-order valence-corrected chi connectivity index (χ0v) is 6.35. The molecular formula is C7H5F3N2O. The van der Waals surface area contributed by atoms with Crippen molar-refractivity contribution in [2.75, 3.05) is 0 Å². The van der Waals surface area contributed by atoms with E-state index in [2.05, 4.69) is 16.5 Å². The van der Waals surface area contributed by atoms with Gasteiger partial charge in [-0.2, -0.15) is 13.2 Å². The van der Waals surface area contributed by atoms with Crippen molar-refractivity contribution in [1.82, 2.24) is 9.97 Å². The third-order valence-electron chi connectivity index (χ3n) is 1.34. The quantitative estimate of drug-likeness (QED) is 0.726. The molecule has 0 amide bonds. The SMILES string of the molecule is C=C(c1ncc[nH]c1=O)C(F)(F)F. The Hall–Kier alpha value is -1.59. The first kappa shape index (κ1) is 9.50. The van der Waals surface area contributed by atoms with E-state index in [0.717, 1.165) is 12.4 Å². The molecule has 1 aromatic heterocycles. The summed E-state index contributed by atoms with van der Waals surface area (Å²) in [5.41, 5.74) is -2.84. The van der Waals surface area contributed by atoms with Crippen molar-refractivity contribution in [3.8, 4) is 0 Å². The summed E-state index contributed by atoms with van der Waals surface area (Å²) in [5, 5.41) is 0. The van der Waals surface area contributed by atoms with Crippen LogP contribution in [-0.4, -0.2) is 16.1 Å². The second-order valence-electron chi connectivity index (χ2n) is 2.24. The highest BCUT2D eigenvalue weighted by Gasteiger charge is 2.35. The molecule has 0 radical (unpaired) electrons. The third kappa shape index (κ3) is 1.95. The second kappa shape index (κ2) is 3.04. The fourth-order valence-corrected chi connectivity index (χ4v) is 0.701. The van der Waals surface area contributed by atoms with E-state index in [4.69, 9.17) is 0 Å². The van der Waals surface area contributed by atoms with Crippen LogP contribution in [0.25, 0.3) is 5.57 Å². The molecule has 1 heterocycles. The fraction of sp³-hybridized carbons (Fsp3) is 0.143. The van der Waals surface area contributed by atoms with Gasteiger partial charge in [-0.25, -0.2) is 4.98 Å². The molecule has 3 nitrogen and oxygen atoms in total. The van der Waals surface area contributed by atoms with Gasteiger partial charge in [0.25, 0.3) is 5.56 Å². The van der Waals surface area contributed by atoms with Gasteiger partial charge in [0.05, 0.1) is 5.57 Å². The Morgan fingerprint density at radius 1 is 1.54 bits per heavy atom. The van der Waals surface area contributed by atoms with E-state index in [-0.39, 0.29) is 0 Å². The summed E-state index contributed by atoms with van der Waals surface area (Å²) in [6, 6.07) is 0. The number of rotatable bonds is 1. The summed E-state index contributed by atoms with van der Waals surface area (Å²) in [4.78, 5) is 16.2. The van der Waals surface area contributed by atoms with Crippen LogP contribution in [0.1, 0.15) is 5.69 Å². The van der Waals surface area contributed by atoms with Crippen LogP contribution in [0.5, 0.6) is 0 Å². The summed E-state index contributed by atoms with van der Waals surface area (Å²) in [6.45, 7) is 2.75. The first-order valence-electron chi connectivity index (χ1n) is 3.23. The monoisotopic (exact) mass is 190 g/mol. The Labute approximate surface area is 70.9 Å². The molecule has 0 spiro atoms. The molecule has 0 atom stereocenters. The summed E-state index contributed by atoms with van der Waals surface area (Å²) < 4.78 is 36.1. The van der Waals surface area contributed by atoms with Crippen molar-refractivity contribution in [3.05, 3.63) is 35.0 Å². The van der Waals surface area contributed by atoms with E-state index in [0.29, 0.717) is 0 Å². The van der Waals surface area contributed by atoms with Gasteiger partial charge >= 0.3 is 6.18 Å². The maximum atomic E-state index is 12.0. The van der Waals surface area contributed by atoms with Crippen molar-refractivity contribution in [3.63, 3.8) is 0 Å². The van der Waals surface area contributed by atoms with Crippen LogP contribution in [0.15, 0.2) is 23.8 Å². The first-order valence-corrected chi connectivity index (χ1v) is 3.23. The minimum atomic E-state index is -4.62. The Balaban J connectivity index is 3.18. The highest BCUT2D eigenvalue weighted by atomic mass is 19.4. The number of hydrogen-bond acceptors (Lipinski definition) is 2. The lowest BCUT2D eigenvalue weighted by Crippen LogP contribution is -2.20. The van der Waals surface area contributed by atoms with Gasteiger partial charge in [0.2, 0.25) is 0 Å². The van der Waals surface area contributed by atoms with Crippen molar-refractivity contribution in [2.45, 2.75) is 6.18 Å². The van der Waals surface area contributed by atoms with Crippen LogP contribution < -0.4 is 5.56 Å². The topological polar surface area (TPSA) is 45.8 Å². The second-order valence-corrected chi connectivity index (χ2v) is 2.24. The lowest BCUT2D eigenvalue weighted by molar-refractivity contribution is -0.0689. The summed E-state index contributed by atoms with van der Waals surface area (Å²) in [6.07, 6.45) is -2.41. The highest BCUT2D eigenvalue weighted by molar-refractivity contribution is 5.63. The maximum absolute atomic E-state index is 12.0. The minimum Gasteiger partial charge on any atom is -0.326 e. The molecule has 1 N–H and O–H groups in total. The molecule has 0 saturated carbocycles. The van der Waals surface area contributed by atoms with E-state index >= 15 is 0 Å². The average molecular weight is 190 g/mol. The van der Waals surface area contributed by atoms with Crippen LogP contribution in [0, 0.1) is 0 Å². The summed E-state index contributed by atoms with van der Waals surface area (Å²) in [5.74, 6) is 0. The smallest absolute Gasteiger partial charge is 0.326 e. The van der Waals surface area contributed by atoms with Crippen molar-refractivity contribution in [1.29, 1.82) is 0 Å². The predicted octanol–water partition coefficient (Wildman–Crippen LogP) is 1.35. The minimum absolute atomic E-state index is 0.699. The zero-order valence-electron chi connectivity index (χ0n) is 6.35. The number of nitrogens with zero attached hydrogens (tertiary/aromatic N) is 1. The molecule has 6 heteroatoms. The molecule has 13 heavy (non-hydrogen) atoms. The lowest BCUT2D eigenvalue weighted by atomic mass is 10.2. The normalized spacial score (nSPS) is 11.3. The number of H-pyrrole nitrogens is 1. The van der Waals surface area contributed by atoms with Crippen LogP contribution in [0.3, 0.4) is 0 Å².